The SMILES string of the molecule is O=C(CCl)N[C@H]1CCC[C@H]1Oc1ccccc1F. The van der Waals surface area contributed by atoms with Crippen molar-refractivity contribution in [1.29, 1.82) is 0 Å². The average molecular weight is 272 g/mol. The van der Waals surface area contributed by atoms with Crippen LogP contribution in [0.25, 0.3) is 0 Å². The van der Waals surface area contributed by atoms with Crippen molar-refractivity contribution in [1.82, 2.24) is 5.32 Å². The number of alkyl halides is 1. The molecule has 0 bridgehead atoms. The summed E-state index contributed by atoms with van der Waals surface area (Å²) in [6.45, 7) is 0. The van der Waals surface area contributed by atoms with E-state index in [2.05, 4.69) is 5.32 Å². The fourth-order valence-corrected chi connectivity index (χ4v) is 2.26. The largest absolute Gasteiger partial charge is 0.485 e. The van der Waals surface area contributed by atoms with E-state index in [-0.39, 0.29) is 35.5 Å². The number of carbonyl (C=O) groups excluding carboxylic acids is 1. The lowest BCUT2D eigenvalue weighted by molar-refractivity contribution is -0.119. The second-order valence-electron chi connectivity index (χ2n) is 4.33. The number of hydrogen-bond donors (Lipinski definition) is 1. The van der Waals surface area contributed by atoms with E-state index >= 15 is 0 Å². The Bertz CT molecular complexity index is 427. The molecular weight excluding hydrogens is 257 g/mol. The normalized spacial score (nSPS) is 22.8. The summed E-state index contributed by atoms with van der Waals surface area (Å²) in [5.41, 5.74) is 0. The molecule has 0 heterocycles. The van der Waals surface area contributed by atoms with Gasteiger partial charge in [-0.05, 0) is 31.4 Å². The first-order chi connectivity index (χ1) is 8.70. The second-order valence-corrected chi connectivity index (χ2v) is 4.59. The zero-order valence-corrected chi connectivity index (χ0v) is 10.6. The molecule has 1 aromatic rings. The van der Waals surface area contributed by atoms with Gasteiger partial charge in [-0.1, -0.05) is 12.1 Å². The molecule has 1 saturated carbocycles. The topological polar surface area (TPSA) is 38.3 Å². The standard InChI is InChI=1S/C13H15ClFNO2/c14-8-13(17)16-10-5-3-7-12(10)18-11-6-2-1-4-9(11)15/h1-2,4,6,10,12H,3,5,7-8H2,(H,16,17)/t10-,12+/m0/s1. The maximum Gasteiger partial charge on any atom is 0.235 e. The third kappa shape index (κ3) is 3.13. The quantitative estimate of drug-likeness (QED) is 0.855. The predicted octanol–water partition coefficient (Wildman–Crippen LogP) is 2.48. The number of para-hydroxylation sites is 1. The van der Waals surface area contributed by atoms with Gasteiger partial charge in [0.15, 0.2) is 11.6 Å². The lowest BCUT2D eigenvalue weighted by Crippen LogP contribution is -2.43. The summed E-state index contributed by atoms with van der Waals surface area (Å²) in [6.07, 6.45) is 2.41. The average Bonchev–Trinajstić information content (AvgIpc) is 2.79. The minimum absolute atomic E-state index is 0.0665. The summed E-state index contributed by atoms with van der Waals surface area (Å²) >= 11 is 5.45. The molecular formula is C13H15ClFNO2. The fraction of sp³-hybridized carbons (Fsp3) is 0.462. The van der Waals surface area contributed by atoms with Crippen LogP contribution in [0, 0.1) is 5.82 Å². The van der Waals surface area contributed by atoms with Crippen molar-refractivity contribution in [2.75, 3.05) is 5.88 Å². The summed E-state index contributed by atoms with van der Waals surface area (Å²) in [4.78, 5) is 11.3. The monoisotopic (exact) mass is 271 g/mol. The number of halogens is 2. The molecule has 0 spiro atoms. The molecule has 1 aliphatic rings. The van der Waals surface area contributed by atoms with E-state index < -0.39 is 0 Å². The highest BCUT2D eigenvalue weighted by atomic mass is 35.5. The molecule has 3 nitrogen and oxygen atoms in total. The van der Waals surface area contributed by atoms with Crippen LogP contribution in [0.1, 0.15) is 19.3 Å². The van der Waals surface area contributed by atoms with Crippen LogP contribution in [0.2, 0.25) is 0 Å². The molecule has 1 N–H and O–H groups in total. The Morgan fingerprint density at radius 1 is 1.44 bits per heavy atom. The van der Waals surface area contributed by atoms with Gasteiger partial charge in [-0.2, -0.15) is 0 Å². The van der Waals surface area contributed by atoms with E-state index in [0.717, 1.165) is 19.3 Å². The molecule has 1 aliphatic carbocycles. The number of nitrogens with one attached hydrogen (secondary N) is 1. The van der Waals surface area contributed by atoms with Crippen LogP contribution < -0.4 is 10.1 Å². The Morgan fingerprint density at radius 2 is 2.22 bits per heavy atom. The molecule has 1 aromatic carbocycles. The second kappa shape index (κ2) is 6.05. The van der Waals surface area contributed by atoms with Gasteiger partial charge in [-0.15, -0.1) is 11.6 Å². The van der Waals surface area contributed by atoms with Gasteiger partial charge in [0.25, 0.3) is 0 Å². The molecule has 5 heteroatoms. The van der Waals surface area contributed by atoms with Crippen LogP contribution >= 0.6 is 11.6 Å². The van der Waals surface area contributed by atoms with E-state index in [9.17, 15) is 9.18 Å². The van der Waals surface area contributed by atoms with Gasteiger partial charge in [-0.3, -0.25) is 4.79 Å². The first kappa shape index (κ1) is 13.1. The molecule has 2 atom stereocenters. The molecule has 0 aromatic heterocycles. The summed E-state index contributed by atoms with van der Waals surface area (Å²) in [5, 5.41) is 2.80. The lowest BCUT2D eigenvalue weighted by Gasteiger charge is -2.22. The summed E-state index contributed by atoms with van der Waals surface area (Å²) in [7, 11) is 0. The van der Waals surface area contributed by atoms with Crippen molar-refractivity contribution in [3.63, 3.8) is 0 Å². The third-order valence-corrected chi connectivity index (χ3v) is 3.28. The smallest absolute Gasteiger partial charge is 0.235 e. The first-order valence-electron chi connectivity index (χ1n) is 5.97. The van der Waals surface area contributed by atoms with Crippen LogP contribution in [0.5, 0.6) is 5.75 Å². The number of amides is 1. The molecule has 1 fully saturated rings. The third-order valence-electron chi connectivity index (χ3n) is 3.04. The lowest BCUT2D eigenvalue weighted by atomic mass is 10.2. The molecule has 2 rings (SSSR count). The minimum Gasteiger partial charge on any atom is -0.485 e. The van der Waals surface area contributed by atoms with E-state index in [1.807, 2.05) is 0 Å². The van der Waals surface area contributed by atoms with Crippen molar-refractivity contribution >= 4 is 17.5 Å². The van der Waals surface area contributed by atoms with E-state index in [1.54, 1.807) is 18.2 Å². The Balaban J connectivity index is 2.00. The van der Waals surface area contributed by atoms with Gasteiger partial charge >= 0.3 is 0 Å². The Morgan fingerprint density at radius 3 is 2.94 bits per heavy atom. The molecule has 0 aliphatic heterocycles. The maximum atomic E-state index is 13.5. The van der Waals surface area contributed by atoms with Crippen molar-refractivity contribution < 1.29 is 13.9 Å². The van der Waals surface area contributed by atoms with E-state index in [4.69, 9.17) is 16.3 Å². The number of ether oxygens (including phenoxy) is 1. The van der Waals surface area contributed by atoms with Crippen molar-refractivity contribution in [3.8, 4) is 5.75 Å². The van der Waals surface area contributed by atoms with Gasteiger partial charge in [-0.25, -0.2) is 4.39 Å². The Hall–Kier alpha value is -1.29. The summed E-state index contributed by atoms with van der Waals surface area (Å²) < 4.78 is 19.1. The van der Waals surface area contributed by atoms with Crippen LogP contribution in [-0.2, 0) is 4.79 Å². The van der Waals surface area contributed by atoms with Gasteiger partial charge < -0.3 is 10.1 Å². The Kier molecular flexibility index (Phi) is 4.42. The zero-order chi connectivity index (χ0) is 13.0. The Labute approximate surface area is 110 Å². The summed E-state index contributed by atoms with van der Waals surface area (Å²) in [6, 6.07) is 6.20. The molecule has 0 unspecified atom stereocenters. The van der Waals surface area contributed by atoms with E-state index in [0.29, 0.717) is 0 Å². The number of rotatable bonds is 4. The fourth-order valence-electron chi connectivity index (χ4n) is 2.18. The van der Waals surface area contributed by atoms with E-state index in [1.165, 1.54) is 6.07 Å². The van der Waals surface area contributed by atoms with Gasteiger partial charge in [0, 0.05) is 0 Å². The van der Waals surface area contributed by atoms with Crippen LogP contribution in [0.3, 0.4) is 0 Å². The highest BCUT2D eigenvalue weighted by Gasteiger charge is 2.30. The summed E-state index contributed by atoms with van der Waals surface area (Å²) in [5.74, 6) is -0.435. The van der Waals surface area contributed by atoms with Crippen molar-refractivity contribution in [3.05, 3.63) is 30.1 Å². The highest BCUT2D eigenvalue weighted by molar-refractivity contribution is 6.27. The maximum absolute atomic E-state index is 13.5. The van der Waals surface area contributed by atoms with Crippen LogP contribution in [0.4, 0.5) is 4.39 Å². The molecule has 0 saturated heterocycles. The molecule has 0 radical (unpaired) electrons. The predicted molar refractivity (Wildman–Crippen MR) is 67.3 cm³/mol. The van der Waals surface area contributed by atoms with Gasteiger partial charge in [0.2, 0.25) is 5.91 Å². The van der Waals surface area contributed by atoms with Gasteiger partial charge in [0.05, 0.1) is 6.04 Å². The first-order valence-corrected chi connectivity index (χ1v) is 6.50. The van der Waals surface area contributed by atoms with Crippen molar-refractivity contribution in [2.24, 2.45) is 0 Å². The zero-order valence-electron chi connectivity index (χ0n) is 9.86. The number of carbonyl (C=O) groups is 1. The molecule has 1 amide bonds. The highest BCUT2D eigenvalue weighted by Crippen LogP contribution is 2.26. The number of hydrogen-bond acceptors (Lipinski definition) is 2. The van der Waals surface area contributed by atoms with Gasteiger partial charge in [0.1, 0.15) is 12.0 Å². The molecule has 98 valence electrons. The van der Waals surface area contributed by atoms with Crippen molar-refractivity contribution in [2.45, 2.75) is 31.4 Å². The van der Waals surface area contributed by atoms with Crippen LogP contribution in [0.15, 0.2) is 24.3 Å². The van der Waals surface area contributed by atoms with Crippen LogP contribution in [-0.4, -0.2) is 23.9 Å². The minimum atomic E-state index is -0.383. The number of benzene rings is 1. The molecule has 18 heavy (non-hydrogen) atoms.